The number of hydrogen-bond donors (Lipinski definition) is 1. The van der Waals surface area contributed by atoms with Crippen LogP contribution in [0, 0.1) is 13.8 Å². The summed E-state index contributed by atoms with van der Waals surface area (Å²) in [5.41, 5.74) is 4.82. The number of para-hydroxylation sites is 1. The van der Waals surface area contributed by atoms with Crippen LogP contribution in [-0.2, 0) is 16.1 Å². The summed E-state index contributed by atoms with van der Waals surface area (Å²) < 4.78 is 7.41. The molecule has 2 aromatic carbocycles. The third kappa shape index (κ3) is 3.79. The predicted octanol–water partition coefficient (Wildman–Crippen LogP) is 5.26. The Balaban J connectivity index is 1.70. The summed E-state index contributed by atoms with van der Waals surface area (Å²) in [6.07, 6.45) is 4.06. The molecule has 29 heavy (non-hydrogen) atoms. The maximum atomic E-state index is 12.3. The average Bonchev–Trinajstić information content (AvgIpc) is 3.05. The molecule has 0 atom stereocenters. The van der Waals surface area contributed by atoms with Gasteiger partial charge in [-0.1, -0.05) is 37.8 Å². The van der Waals surface area contributed by atoms with Gasteiger partial charge >= 0.3 is 5.97 Å². The Morgan fingerprint density at radius 2 is 1.79 bits per heavy atom. The molecule has 0 fully saturated rings. The smallest absolute Gasteiger partial charge is 0.372 e. The lowest BCUT2D eigenvalue weighted by molar-refractivity contribution is -0.684. The Hall–Kier alpha value is -2.66. The molecule has 2 heterocycles. The van der Waals surface area contributed by atoms with Gasteiger partial charge in [-0.15, -0.1) is 0 Å². The lowest BCUT2D eigenvalue weighted by Crippen LogP contribution is -2.38. The van der Waals surface area contributed by atoms with E-state index in [1.807, 2.05) is 10.8 Å². The van der Waals surface area contributed by atoms with Crippen molar-refractivity contribution in [2.45, 2.75) is 46.1 Å². The van der Waals surface area contributed by atoms with Crippen LogP contribution in [0.2, 0.25) is 25.7 Å². The first-order chi connectivity index (χ1) is 13.7. The number of carbonyl (C=O) groups is 1. The molecule has 0 saturated carbocycles. The van der Waals surface area contributed by atoms with Crippen LogP contribution in [0.25, 0.3) is 32.6 Å². The lowest BCUT2D eigenvalue weighted by Gasteiger charge is -2.14. The zero-order chi connectivity index (χ0) is 20.8. The molecule has 0 spiro atoms. The Morgan fingerprint density at radius 3 is 2.55 bits per heavy atom. The Labute approximate surface area is 172 Å². The Bertz CT molecular complexity index is 1230. The monoisotopic (exact) mass is 405 g/mol. The van der Waals surface area contributed by atoms with Gasteiger partial charge in [0.15, 0.2) is 12.4 Å². The molecule has 4 aromatic rings. The first-order valence-electron chi connectivity index (χ1n) is 10.2. The third-order valence-electron chi connectivity index (χ3n) is 5.71. The van der Waals surface area contributed by atoms with Crippen LogP contribution < -0.4 is 4.57 Å². The fourth-order valence-corrected chi connectivity index (χ4v) is 4.72. The van der Waals surface area contributed by atoms with Crippen molar-refractivity contribution >= 4 is 46.6 Å². The molecule has 1 N–H and O–H groups in total. The predicted molar refractivity (Wildman–Crippen MR) is 122 cm³/mol. The highest BCUT2D eigenvalue weighted by Gasteiger charge is 2.19. The van der Waals surface area contributed by atoms with Crippen molar-refractivity contribution in [1.82, 2.24) is 4.98 Å². The molecule has 0 aliphatic carbocycles. The quantitative estimate of drug-likeness (QED) is 0.280. The number of aromatic nitrogens is 2. The number of nitrogens with zero attached hydrogens (tertiary/aromatic N) is 1. The number of hydrogen-bond acceptors (Lipinski definition) is 2. The molecule has 0 amide bonds. The van der Waals surface area contributed by atoms with Crippen molar-refractivity contribution in [3.05, 3.63) is 53.9 Å². The highest BCUT2D eigenvalue weighted by atomic mass is 28.3. The summed E-state index contributed by atoms with van der Waals surface area (Å²) in [5, 5.41) is 4.90. The molecule has 2 aromatic heterocycles. The van der Waals surface area contributed by atoms with Gasteiger partial charge in [0.1, 0.15) is 0 Å². The van der Waals surface area contributed by atoms with Crippen molar-refractivity contribution in [2.75, 3.05) is 6.61 Å². The molecule has 0 bridgehead atoms. The topological polar surface area (TPSA) is 46.0 Å². The van der Waals surface area contributed by atoms with E-state index in [-0.39, 0.29) is 12.5 Å². The van der Waals surface area contributed by atoms with Gasteiger partial charge in [-0.05, 0) is 42.5 Å². The van der Waals surface area contributed by atoms with Crippen molar-refractivity contribution in [3.63, 3.8) is 0 Å². The van der Waals surface area contributed by atoms with E-state index in [4.69, 9.17) is 4.74 Å². The fraction of sp³-hybridized carbons (Fsp3) is 0.333. The van der Waals surface area contributed by atoms with Gasteiger partial charge in [0, 0.05) is 35.8 Å². The van der Waals surface area contributed by atoms with Crippen molar-refractivity contribution in [1.29, 1.82) is 0 Å². The zero-order valence-corrected chi connectivity index (χ0v) is 18.9. The van der Waals surface area contributed by atoms with Crippen LogP contribution in [0.3, 0.4) is 0 Å². The second-order valence-electron chi connectivity index (χ2n) is 9.15. The minimum Gasteiger partial charge on any atom is -0.461 e. The minimum absolute atomic E-state index is 0.171. The summed E-state index contributed by atoms with van der Waals surface area (Å²) in [5.74, 6) is -0.171. The van der Waals surface area contributed by atoms with Crippen molar-refractivity contribution in [3.8, 4) is 0 Å². The number of rotatable bonds is 5. The zero-order valence-electron chi connectivity index (χ0n) is 17.9. The molecule has 0 saturated heterocycles. The fourth-order valence-electron chi connectivity index (χ4n) is 4.01. The molecule has 0 aliphatic rings. The maximum Gasteiger partial charge on any atom is 0.372 e. The second-order valence-corrected chi connectivity index (χ2v) is 14.8. The lowest BCUT2D eigenvalue weighted by atomic mass is 9.97. The second kappa shape index (κ2) is 7.30. The number of pyridine rings is 1. The number of esters is 1. The first kappa shape index (κ1) is 19.6. The van der Waals surface area contributed by atoms with Gasteiger partial charge in [0.2, 0.25) is 6.54 Å². The highest BCUT2D eigenvalue weighted by molar-refractivity contribution is 6.76. The number of fused-ring (bicyclic) bond motifs is 4. The van der Waals surface area contributed by atoms with Crippen LogP contribution in [0.1, 0.15) is 11.1 Å². The number of H-pyrrole nitrogens is 1. The SMILES string of the molecule is Cc1c2cc[n+](CC(=O)OCC[Si](C)(C)C)cc2c(C)c2c1[nH]c1ccccc12. The van der Waals surface area contributed by atoms with Crippen molar-refractivity contribution in [2.24, 2.45) is 0 Å². The minimum atomic E-state index is -1.20. The molecule has 0 unspecified atom stereocenters. The van der Waals surface area contributed by atoms with Gasteiger partial charge in [0.25, 0.3) is 0 Å². The Kier molecular flexibility index (Phi) is 4.95. The van der Waals surface area contributed by atoms with E-state index in [0.29, 0.717) is 6.61 Å². The molecule has 4 rings (SSSR count). The van der Waals surface area contributed by atoms with Gasteiger partial charge < -0.3 is 9.72 Å². The van der Waals surface area contributed by atoms with Crippen LogP contribution in [0.15, 0.2) is 42.7 Å². The molecule has 5 heteroatoms. The van der Waals surface area contributed by atoms with E-state index < -0.39 is 8.07 Å². The van der Waals surface area contributed by atoms with Gasteiger partial charge in [0.05, 0.1) is 12.1 Å². The van der Waals surface area contributed by atoms with E-state index in [9.17, 15) is 4.79 Å². The number of aromatic amines is 1. The molecular weight excluding hydrogens is 376 g/mol. The summed E-state index contributed by atoms with van der Waals surface area (Å²) in [6.45, 7) is 12.0. The van der Waals surface area contributed by atoms with E-state index in [0.717, 1.165) is 11.6 Å². The van der Waals surface area contributed by atoms with E-state index in [1.165, 1.54) is 38.2 Å². The van der Waals surface area contributed by atoms with E-state index in [2.05, 4.69) is 75.0 Å². The van der Waals surface area contributed by atoms with Crippen LogP contribution in [0.4, 0.5) is 0 Å². The molecule has 4 nitrogen and oxygen atoms in total. The number of carbonyl (C=O) groups excluding carboxylic acids is 1. The number of ether oxygens (including phenoxy) is 1. The van der Waals surface area contributed by atoms with Gasteiger partial charge in [-0.2, -0.15) is 4.57 Å². The molecular formula is C24H29N2O2Si+. The van der Waals surface area contributed by atoms with Crippen LogP contribution in [-0.4, -0.2) is 25.6 Å². The largest absolute Gasteiger partial charge is 0.461 e. The van der Waals surface area contributed by atoms with Gasteiger partial charge in [-0.25, -0.2) is 4.79 Å². The normalized spacial score (nSPS) is 12.2. The number of nitrogens with one attached hydrogen (secondary N) is 1. The van der Waals surface area contributed by atoms with Crippen molar-refractivity contribution < 1.29 is 14.1 Å². The summed E-state index contributed by atoms with van der Waals surface area (Å²) in [7, 11) is -1.20. The van der Waals surface area contributed by atoms with E-state index in [1.54, 1.807) is 0 Å². The van der Waals surface area contributed by atoms with E-state index >= 15 is 0 Å². The summed E-state index contributed by atoms with van der Waals surface area (Å²) in [6, 6.07) is 11.5. The maximum absolute atomic E-state index is 12.3. The standard InChI is InChI=1S/C24H28N2O2Si/c1-16-20-14-26(15-22(27)28-12-13-29(3,4)5)11-10-18(20)17(2)24-23(16)19-8-6-7-9-21(19)25-24/h6-11,14H,12-13,15H2,1-5H3/p+1. The van der Waals surface area contributed by atoms with Gasteiger partial charge in [-0.3, -0.25) is 0 Å². The average molecular weight is 406 g/mol. The third-order valence-corrected chi connectivity index (χ3v) is 7.41. The highest BCUT2D eigenvalue weighted by Crippen LogP contribution is 2.35. The molecule has 150 valence electrons. The number of benzene rings is 2. The molecule has 0 radical (unpaired) electrons. The van der Waals surface area contributed by atoms with Crippen LogP contribution in [0.5, 0.6) is 0 Å². The summed E-state index contributed by atoms with van der Waals surface area (Å²) in [4.78, 5) is 15.9. The molecule has 0 aliphatic heterocycles. The van der Waals surface area contributed by atoms with Crippen LogP contribution >= 0.6 is 0 Å². The number of aryl methyl sites for hydroxylation is 2. The summed E-state index contributed by atoms with van der Waals surface area (Å²) >= 11 is 0. The Morgan fingerprint density at radius 1 is 1.03 bits per heavy atom. The first-order valence-corrected chi connectivity index (χ1v) is 13.9.